The average Bonchev–Trinajstić information content (AvgIpc) is 2.91. The Kier molecular flexibility index (Phi) is 4.28. The number of thioether (sulfide) groups is 1. The zero-order chi connectivity index (χ0) is 14.0. The maximum atomic E-state index is 12.6. The number of aliphatic carboxylic acids is 1. The van der Waals surface area contributed by atoms with Gasteiger partial charge in [0.25, 0.3) is 0 Å². The summed E-state index contributed by atoms with van der Waals surface area (Å²) in [5, 5.41) is 9.45. The van der Waals surface area contributed by atoms with Crippen molar-refractivity contribution in [3.8, 4) is 0 Å². The van der Waals surface area contributed by atoms with E-state index >= 15 is 0 Å². The van der Waals surface area contributed by atoms with Crippen LogP contribution in [0.15, 0.2) is 0 Å². The van der Waals surface area contributed by atoms with Gasteiger partial charge in [-0.05, 0) is 38.4 Å². The number of likely N-dealkylation sites (tertiary alicyclic amines) is 1. The molecule has 0 saturated carbocycles. The lowest BCUT2D eigenvalue weighted by molar-refractivity contribution is -0.150. The van der Waals surface area contributed by atoms with E-state index in [1.165, 1.54) is 0 Å². The SMILES string of the molecule is CN(C(=O)N1CCCCC1(C)C(=O)O)C1CCSC1. The van der Waals surface area contributed by atoms with E-state index in [1.807, 2.05) is 11.8 Å². The molecule has 19 heavy (non-hydrogen) atoms. The van der Waals surface area contributed by atoms with Crippen LogP contribution in [0.5, 0.6) is 0 Å². The lowest BCUT2D eigenvalue weighted by atomic mass is 9.89. The molecule has 2 heterocycles. The maximum absolute atomic E-state index is 12.6. The van der Waals surface area contributed by atoms with Crippen LogP contribution in [0.3, 0.4) is 0 Å². The highest BCUT2D eigenvalue weighted by Crippen LogP contribution is 2.30. The molecular formula is C13H22N2O3S. The molecule has 2 rings (SSSR count). The Bertz CT molecular complexity index is 371. The molecule has 0 spiro atoms. The summed E-state index contributed by atoms with van der Waals surface area (Å²) in [6.45, 7) is 2.22. The fraction of sp³-hybridized carbons (Fsp3) is 0.846. The smallest absolute Gasteiger partial charge is 0.329 e. The molecule has 0 aromatic carbocycles. The summed E-state index contributed by atoms with van der Waals surface area (Å²) in [4.78, 5) is 27.4. The second-order valence-corrected chi connectivity index (χ2v) is 6.75. The van der Waals surface area contributed by atoms with Crippen LogP contribution in [-0.4, -0.2) is 63.6 Å². The summed E-state index contributed by atoms with van der Waals surface area (Å²) in [7, 11) is 1.80. The minimum Gasteiger partial charge on any atom is -0.480 e. The third-order valence-electron chi connectivity index (χ3n) is 4.34. The standard InChI is InChI=1S/C13H22N2O3S/c1-13(11(16)17)6-3-4-7-15(13)12(18)14(2)10-5-8-19-9-10/h10H,3-9H2,1-2H3,(H,16,17). The number of carboxylic acids is 1. The second kappa shape index (κ2) is 5.61. The second-order valence-electron chi connectivity index (χ2n) is 5.60. The maximum Gasteiger partial charge on any atom is 0.329 e. The van der Waals surface area contributed by atoms with Crippen molar-refractivity contribution in [2.24, 2.45) is 0 Å². The molecule has 2 fully saturated rings. The summed E-state index contributed by atoms with van der Waals surface area (Å²) in [6.07, 6.45) is 3.31. The van der Waals surface area contributed by atoms with Crippen LogP contribution in [0.4, 0.5) is 4.79 Å². The van der Waals surface area contributed by atoms with Crippen molar-refractivity contribution in [3.63, 3.8) is 0 Å². The van der Waals surface area contributed by atoms with Crippen molar-refractivity contribution in [3.05, 3.63) is 0 Å². The lowest BCUT2D eigenvalue weighted by Gasteiger charge is -2.44. The monoisotopic (exact) mass is 286 g/mol. The van der Waals surface area contributed by atoms with Gasteiger partial charge in [-0.2, -0.15) is 11.8 Å². The Balaban J connectivity index is 2.13. The quantitative estimate of drug-likeness (QED) is 0.842. The highest BCUT2D eigenvalue weighted by atomic mass is 32.2. The molecule has 2 atom stereocenters. The summed E-state index contributed by atoms with van der Waals surface area (Å²) in [6, 6.07) is 0.120. The third-order valence-corrected chi connectivity index (χ3v) is 5.48. The summed E-state index contributed by atoms with van der Waals surface area (Å²) < 4.78 is 0. The van der Waals surface area contributed by atoms with Crippen LogP contribution >= 0.6 is 11.8 Å². The van der Waals surface area contributed by atoms with Crippen molar-refractivity contribution in [2.45, 2.75) is 44.2 Å². The molecule has 108 valence electrons. The number of urea groups is 1. The predicted molar refractivity (Wildman–Crippen MR) is 75.5 cm³/mol. The number of nitrogens with zero attached hydrogens (tertiary/aromatic N) is 2. The predicted octanol–water partition coefficient (Wildman–Crippen LogP) is 1.87. The fourth-order valence-electron chi connectivity index (χ4n) is 2.82. The van der Waals surface area contributed by atoms with Crippen molar-refractivity contribution in [1.29, 1.82) is 0 Å². The van der Waals surface area contributed by atoms with E-state index in [0.29, 0.717) is 13.0 Å². The van der Waals surface area contributed by atoms with Crippen LogP contribution in [0.25, 0.3) is 0 Å². The van der Waals surface area contributed by atoms with Gasteiger partial charge in [-0.1, -0.05) is 0 Å². The number of carboxylic acid groups (broad SMARTS) is 1. The van der Waals surface area contributed by atoms with Crippen LogP contribution in [-0.2, 0) is 4.79 Å². The van der Waals surface area contributed by atoms with Crippen LogP contribution in [0.1, 0.15) is 32.6 Å². The topological polar surface area (TPSA) is 60.9 Å². The summed E-state index contributed by atoms with van der Waals surface area (Å²) in [5.74, 6) is 1.15. The third kappa shape index (κ3) is 2.68. The van der Waals surface area contributed by atoms with E-state index in [1.54, 1.807) is 23.8 Å². The lowest BCUT2D eigenvalue weighted by Crippen LogP contribution is -2.61. The molecule has 0 aliphatic carbocycles. The number of piperidine rings is 1. The van der Waals surface area contributed by atoms with Gasteiger partial charge in [0.1, 0.15) is 5.54 Å². The number of rotatable bonds is 2. The molecule has 2 aliphatic rings. The summed E-state index contributed by atoms with van der Waals surface area (Å²) in [5.41, 5.74) is -1.05. The first-order chi connectivity index (χ1) is 8.97. The molecule has 0 bridgehead atoms. The Morgan fingerprint density at radius 3 is 2.74 bits per heavy atom. The van der Waals surface area contributed by atoms with Gasteiger partial charge in [0, 0.05) is 25.4 Å². The Labute approximate surface area is 118 Å². The Hall–Kier alpha value is -0.910. The molecule has 6 heteroatoms. The van der Waals surface area contributed by atoms with E-state index < -0.39 is 11.5 Å². The molecule has 2 aliphatic heterocycles. The van der Waals surface area contributed by atoms with Gasteiger partial charge >= 0.3 is 12.0 Å². The average molecular weight is 286 g/mol. The summed E-state index contributed by atoms with van der Waals surface area (Å²) >= 11 is 1.85. The molecule has 0 radical (unpaired) electrons. The van der Waals surface area contributed by atoms with E-state index in [-0.39, 0.29) is 12.1 Å². The Morgan fingerprint density at radius 2 is 2.16 bits per heavy atom. The molecule has 2 saturated heterocycles. The van der Waals surface area contributed by atoms with Crippen LogP contribution < -0.4 is 0 Å². The molecule has 5 nitrogen and oxygen atoms in total. The van der Waals surface area contributed by atoms with Gasteiger partial charge in [-0.3, -0.25) is 0 Å². The van der Waals surface area contributed by atoms with Gasteiger partial charge in [-0.15, -0.1) is 0 Å². The minimum atomic E-state index is -1.05. The zero-order valence-electron chi connectivity index (χ0n) is 11.6. The fourth-order valence-corrected chi connectivity index (χ4v) is 4.09. The molecule has 2 amide bonds. The van der Waals surface area contributed by atoms with E-state index in [2.05, 4.69) is 0 Å². The highest BCUT2D eigenvalue weighted by molar-refractivity contribution is 7.99. The van der Waals surface area contributed by atoms with Crippen molar-refractivity contribution in [2.75, 3.05) is 25.1 Å². The highest BCUT2D eigenvalue weighted by Gasteiger charge is 2.45. The van der Waals surface area contributed by atoms with E-state index in [9.17, 15) is 14.7 Å². The van der Waals surface area contributed by atoms with Gasteiger partial charge in [0.15, 0.2) is 0 Å². The molecule has 0 aromatic rings. The van der Waals surface area contributed by atoms with E-state index in [4.69, 9.17) is 0 Å². The zero-order valence-corrected chi connectivity index (χ0v) is 12.4. The van der Waals surface area contributed by atoms with Crippen LogP contribution in [0, 0.1) is 0 Å². The van der Waals surface area contributed by atoms with Gasteiger partial charge in [0.05, 0.1) is 0 Å². The van der Waals surface area contributed by atoms with Gasteiger partial charge in [-0.25, -0.2) is 9.59 Å². The number of amides is 2. The van der Waals surface area contributed by atoms with Gasteiger partial charge < -0.3 is 14.9 Å². The molecule has 0 aromatic heterocycles. The number of hydrogen-bond donors (Lipinski definition) is 1. The van der Waals surface area contributed by atoms with Crippen molar-refractivity contribution < 1.29 is 14.7 Å². The largest absolute Gasteiger partial charge is 0.480 e. The normalized spacial score (nSPS) is 31.3. The molecule has 1 N–H and O–H groups in total. The molecule has 2 unspecified atom stereocenters. The first kappa shape index (κ1) is 14.5. The van der Waals surface area contributed by atoms with Crippen molar-refractivity contribution in [1.82, 2.24) is 9.80 Å². The first-order valence-electron chi connectivity index (χ1n) is 6.82. The number of carbonyl (C=O) groups excluding carboxylic acids is 1. The molecular weight excluding hydrogens is 264 g/mol. The first-order valence-corrected chi connectivity index (χ1v) is 7.98. The Morgan fingerprint density at radius 1 is 1.42 bits per heavy atom. The van der Waals surface area contributed by atoms with Crippen LogP contribution in [0.2, 0.25) is 0 Å². The minimum absolute atomic E-state index is 0.128. The van der Waals surface area contributed by atoms with Gasteiger partial charge in [0.2, 0.25) is 0 Å². The van der Waals surface area contributed by atoms with E-state index in [0.717, 1.165) is 30.8 Å². The number of hydrogen-bond acceptors (Lipinski definition) is 3. The number of carbonyl (C=O) groups is 2. The van der Waals surface area contributed by atoms with Crippen molar-refractivity contribution >= 4 is 23.8 Å².